The first kappa shape index (κ1) is 17.0. The average molecular weight is 346 g/mol. The SMILES string of the molecule is Cc1ccc(-c2nnc(S[C@H](C)C(=O)N3CCOCC3)n2C)cc1. The molecule has 3 rings (SSSR count). The summed E-state index contributed by atoms with van der Waals surface area (Å²) in [5.74, 6) is 0.937. The van der Waals surface area contributed by atoms with Crippen molar-refractivity contribution >= 4 is 17.7 Å². The Bertz CT molecular complexity index is 708. The molecule has 1 aliphatic heterocycles. The third-order valence-electron chi connectivity index (χ3n) is 4.10. The van der Waals surface area contributed by atoms with Gasteiger partial charge in [-0.05, 0) is 13.8 Å². The molecule has 0 aliphatic carbocycles. The van der Waals surface area contributed by atoms with E-state index in [9.17, 15) is 4.79 Å². The molecule has 0 unspecified atom stereocenters. The zero-order valence-corrected chi connectivity index (χ0v) is 15.0. The highest BCUT2D eigenvalue weighted by Gasteiger charge is 2.25. The molecule has 0 radical (unpaired) electrons. The van der Waals surface area contributed by atoms with E-state index < -0.39 is 0 Å². The van der Waals surface area contributed by atoms with E-state index in [-0.39, 0.29) is 11.2 Å². The van der Waals surface area contributed by atoms with Crippen LogP contribution in [0.4, 0.5) is 0 Å². The maximum Gasteiger partial charge on any atom is 0.236 e. The van der Waals surface area contributed by atoms with Crippen LogP contribution in [0.5, 0.6) is 0 Å². The van der Waals surface area contributed by atoms with E-state index in [0.717, 1.165) is 16.5 Å². The van der Waals surface area contributed by atoms with Gasteiger partial charge in [0, 0.05) is 25.7 Å². The van der Waals surface area contributed by atoms with Crippen molar-refractivity contribution in [2.24, 2.45) is 7.05 Å². The molecule has 1 fully saturated rings. The monoisotopic (exact) mass is 346 g/mol. The van der Waals surface area contributed by atoms with Crippen molar-refractivity contribution in [1.29, 1.82) is 0 Å². The molecule has 1 saturated heterocycles. The van der Waals surface area contributed by atoms with Gasteiger partial charge in [0.1, 0.15) is 0 Å². The number of benzene rings is 1. The zero-order valence-electron chi connectivity index (χ0n) is 14.2. The molecule has 6 nitrogen and oxygen atoms in total. The minimum Gasteiger partial charge on any atom is -0.378 e. The first-order chi connectivity index (χ1) is 11.6. The van der Waals surface area contributed by atoms with Gasteiger partial charge in [0.2, 0.25) is 5.91 Å². The van der Waals surface area contributed by atoms with Gasteiger partial charge in [-0.15, -0.1) is 10.2 Å². The summed E-state index contributed by atoms with van der Waals surface area (Å²) >= 11 is 1.45. The fraction of sp³-hybridized carbons (Fsp3) is 0.471. The number of hydrogen-bond acceptors (Lipinski definition) is 5. The molecule has 128 valence electrons. The molecule has 24 heavy (non-hydrogen) atoms. The highest BCUT2D eigenvalue weighted by molar-refractivity contribution is 8.00. The van der Waals surface area contributed by atoms with Crippen LogP contribution in [0.3, 0.4) is 0 Å². The molecule has 0 spiro atoms. The van der Waals surface area contributed by atoms with Crippen molar-refractivity contribution < 1.29 is 9.53 Å². The molecule has 2 aromatic rings. The summed E-state index contributed by atoms with van der Waals surface area (Å²) in [6.45, 7) is 6.53. The predicted molar refractivity (Wildman–Crippen MR) is 93.9 cm³/mol. The lowest BCUT2D eigenvalue weighted by Gasteiger charge is -2.28. The fourth-order valence-electron chi connectivity index (χ4n) is 2.62. The lowest BCUT2D eigenvalue weighted by Crippen LogP contribution is -2.44. The molecule has 7 heteroatoms. The van der Waals surface area contributed by atoms with E-state index in [1.54, 1.807) is 0 Å². The van der Waals surface area contributed by atoms with Gasteiger partial charge in [0.25, 0.3) is 0 Å². The van der Waals surface area contributed by atoms with Gasteiger partial charge in [-0.2, -0.15) is 0 Å². The smallest absolute Gasteiger partial charge is 0.236 e. The van der Waals surface area contributed by atoms with Crippen LogP contribution in [-0.2, 0) is 16.6 Å². The maximum absolute atomic E-state index is 12.5. The van der Waals surface area contributed by atoms with Gasteiger partial charge in [0.15, 0.2) is 11.0 Å². The molecule has 1 aromatic heterocycles. The number of hydrogen-bond donors (Lipinski definition) is 0. The number of carbonyl (C=O) groups excluding carboxylic acids is 1. The zero-order chi connectivity index (χ0) is 17.1. The van der Waals surface area contributed by atoms with Crippen LogP contribution in [0.1, 0.15) is 12.5 Å². The molecule has 0 bridgehead atoms. The molecule has 1 aromatic carbocycles. The summed E-state index contributed by atoms with van der Waals surface area (Å²) in [5, 5.41) is 9.10. The van der Waals surface area contributed by atoms with E-state index in [0.29, 0.717) is 26.3 Å². The number of thioether (sulfide) groups is 1. The van der Waals surface area contributed by atoms with E-state index in [4.69, 9.17) is 4.74 Å². The second kappa shape index (κ2) is 7.36. The van der Waals surface area contributed by atoms with Crippen LogP contribution in [0.2, 0.25) is 0 Å². The molecule has 0 N–H and O–H groups in total. The Hall–Kier alpha value is -1.86. The maximum atomic E-state index is 12.5. The van der Waals surface area contributed by atoms with Crippen molar-refractivity contribution in [2.75, 3.05) is 26.3 Å². The number of morpholine rings is 1. The van der Waals surface area contributed by atoms with Crippen molar-refractivity contribution in [1.82, 2.24) is 19.7 Å². The van der Waals surface area contributed by atoms with Gasteiger partial charge in [0.05, 0.1) is 18.5 Å². The number of aryl methyl sites for hydroxylation is 1. The lowest BCUT2D eigenvalue weighted by atomic mass is 10.1. The fourth-order valence-corrected chi connectivity index (χ4v) is 3.52. The molecular formula is C17H22N4O2S. The summed E-state index contributed by atoms with van der Waals surface area (Å²) in [6.07, 6.45) is 0. The van der Waals surface area contributed by atoms with Crippen molar-refractivity contribution in [3.63, 3.8) is 0 Å². The second-order valence-electron chi connectivity index (χ2n) is 5.93. The number of carbonyl (C=O) groups is 1. The van der Waals surface area contributed by atoms with E-state index in [1.165, 1.54) is 17.3 Å². The Balaban J connectivity index is 1.71. The Morgan fingerprint density at radius 3 is 2.54 bits per heavy atom. The third kappa shape index (κ3) is 3.62. The minimum atomic E-state index is -0.197. The molecule has 0 saturated carbocycles. The normalized spacial score (nSPS) is 16.2. The predicted octanol–water partition coefficient (Wildman–Crippen LogP) is 2.13. The van der Waals surface area contributed by atoms with Crippen molar-refractivity contribution in [2.45, 2.75) is 24.3 Å². The standard InChI is InChI=1S/C17H22N4O2S/c1-12-4-6-14(7-5-12)15-18-19-17(20(15)3)24-13(2)16(22)21-8-10-23-11-9-21/h4-7,13H,8-11H2,1-3H3/t13-/m1/s1. The summed E-state index contributed by atoms with van der Waals surface area (Å²) < 4.78 is 7.24. The van der Waals surface area contributed by atoms with Crippen LogP contribution in [0.25, 0.3) is 11.4 Å². The van der Waals surface area contributed by atoms with Crippen LogP contribution >= 0.6 is 11.8 Å². The number of aromatic nitrogens is 3. The largest absolute Gasteiger partial charge is 0.378 e. The van der Waals surface area contributed by atoms with Crippen LogP contribution in [0, 0.1) is 6.92 Å². The summed E-state index contributed by atoms with van der Waals surface area (Å²) in [6, 6.07) is 8.19. The highest BCUT2D eigenvalue weighted by atomic mass is 32.2. The average Bonchev–Trinajstić information content (AvgIpc) is 2.96. The highest BCUT2D eigenvalue weighted by Crippen LogP contribution is 2.26. The number of nitrogens with zero attached hydrogens (tertiary/aromatic N) is 4. The lowest BCUT2D eigenvalue weighted by molar-refractivity contribution is -0.134. The van der Waals surface area contributed by atoms with Gasteiger partial charge in [-0.25, -0.2) is 0 Å². The molecular weight excluding hydrogens is 324 g/mol. The van der Waals surface area contributed by atoms with Gasteiger partial charge < -0.3 is 14.2 Å². The van der Waals surface area contributed by atoms with E-state index >= 15 is 0 Å². The van der Waals surface area contributed by atoms with Crippen LogP contribution < -0.4 is 0 Å². The second-order valence-corrected chi connectivity index (χ2v) is 7.24. The van der Waals surface area contributed by atoms with Crippen molar-refractivity contribution in [3.8, 4) is 11.4 Å². The summed E-state index contributed by atoms with van der Waals surface area (Å²) in [4.78, 5) is 14.4. The quantitative estimate of drug-likeness (QED) is 0.794. The molecule has 1 atom stereocenters. The van der Waals surface area contributed by atoms with Crippen LogP contribution in [0.15, 0.2) is 29.4 Å². The molecule has 2 heterocycles. The van der Waals surface area contributed by atoms with Crippen LogP contribution in [-0.4, -0.2) is 57.1 Å². The number of amides is 1. The molecule has 1 aliphatic rings. The van der Waals surface area contributed by atoms with Gasteiger partial charge >= 0.3 is 0 Å². The van der Waals surface area contributed by atoms with Gasteiger partial charge in [-0.1, -0.05) is 41.6 Å². The van der Waals surface area contributed by atoms with Crippen molar-refractivity contribution in [3.05, 3.63) is 29.8 Å². The topological polar surface area (TPSA) is 60.3 Å². The Kier molecular flexibility index (Phi) is 5.20. The van der Waals surface area contributed by atoms with E-state index in [1.807, 2.05) is 35.6 Å². The Labute approximate surface area is 146 Å². The molecule has 1 amide bonds. The third-order valence-corrected chi connectivity index (χ3v) is 5.22. The van der Waals surface area contributed by atoms with E-state index in [2.05, 4.69) is 29.3 Å². The minimum absolute atomic E-state index is 0.128. The summed E-state index contributed by atoms with van der Waals surface area (Å²) in [7, 11) is 1.93. The van der Waals surface area contributed by atoms with Gasteiger partial charge in [-0.3, -0.25) is 4.79 Å². The Morgan fingerprint density at radius 2 is 1.88 bits per heavy atom. The number of ether oxygens (including phenoxy) is 1. The first-order valence-electron chi connectivity index (χ1n) is 8.06. The number of rotatable bonds is 4. The Morgan fingerprint density at radius 1 is 1.21 bits per heavy atom. The first-order valence-corrected chi connectivity index (χ1v) is 8.94. The summed E-state index contributed by atoms with van der Waals surface area (Å²) in [5.41, 5.74) is 2.23.